The van der Waals surface area contributed by atoms with Gasteiger partial charge < -0.3 is 14.6 Å². The van der Waals surface area contributed by atoms with Gasteiger partial charge in [0, 0.05) is 19.3 Å². The molecule has 5 nitrogen and oxygen atoms in total. The number of aromatic nitrogens is 2. The van der Waals surface area contributed by atoms with E-state index < -0.39 is 0 Å². The first-order valence-corrected chi connectivity index (χ1v) is 6.98. The van der Waals surface area contributed by atoms with Crippen molar-refractivity contribution in [3.63, 3.8) is 0 Å². The molecular weight excluding hydrogens is 242 g/mol. The van der Waals surface area contributed by atoms with Crippen molar-refractivity contribution in [3.8, 4) is 0 Å². The first-order chi connectivity index (χ1) is 9.15. The van der Waals surface area contributed by atoms with Crippen molar-refractivity contribution in [1.29, 1.82) is 0 Å². The molecule has 1 heterocycles. The standard InChI is InChI=1S/C14H23N3O2/c1-10(14(18)15-8-9-19-3)17-11(2)16-12-6-4-5-7-13(12)17/h10H,4-9H2,1-3H3,(H,15,18). The van der Waals surface area contributed by atoms with Gasteiger partial charge in [-0.05, 0) is 39.5 Å². The number of fused-ring (bicyclic) bond motifs is 1. The normalized spacial score (nSPS) is 15.9. The van der Waals surface area contributed by atoms with Gasteiger partial charge in [0.25, 0.3) is 0 Å². The summed E-state index contributed by atoms with van der Waals surface area (Å²) < 4.78 is 7.04. The van der Waals surface area contributed by atoms with Crippen molar-refractivity contribution < 1.29 is 9.53 Å². The molecule has 19 heavy (non-hydrogen) atoms. The van der Waals surface area contributed by atoms with Crippen molar-refractivity contribution in [3.05, 3.63) is 17.2 Å². The highest BCUT2D eigenvalue weighted by molar-refractivity contribution is 5.80. The van der Waals surface area contributed by atoms with Crippen molar-refractivity contribution in [2.24, 2.45) is 0 Å². The molecule has 0 aliphatic heterocycles. The predicted molar refractivity (Wildman–Crippen MR) is 73.2 cm³/mol. The average molecular weight is 265 g/mol. The molecule has 0 saturated carbocycles. The second kappa shape index (κ2) is 6.19. The minimum Gasteiger partial charge on any atom is -0.383 e. The van der Waals surface area contributed by atoms with E-state index in [0.717, 1.165) is 18.7 Å². The monoisotopic (exact) mass is 265 g/mol. The summed E-state index contributed by atoms with van der Waals surface area (Å²) in [5.74, 6) is 0.979. The van der Waals surface area contributed by atoms with Crippen LogP contribution in [0.4, 0.5) is 0 Å². The number of methoxy groups -OCH3 is 1. The van der Waals surface area contributed by atoms with Crippen LogP contribution in [0.1, 0.15) is 43.0 Å². The molecule has 1 aliphatic carbocycles. The summed E-state index contributed by atoms with van der Waals surface area (Å²) in [6, 6.07) is -0.203. The number of nitrogens with zero attached hydrogens (tertiary/aromatic N) is 2. The maximum Gasteiger partial charge on any atom is 0.242 e. The minimum atomic E-state index is -0.203. The van der Waals surface area contributed by atoms with Crippen molar-refractivity contribution in [2.75, 3.05) is 20.3 Å². The Kier molecular flexibility index (Phi) is 4.58. The van der Waals surface area contributed by atoms with Gasteiger partial charge in [0.15, 0.2) is 0 Å². The Hall–Kier alpha value is -1.36. The Morgan fingerprint density at radius 1 is 1.47 bits per heavy atom. The molecular formula is C14H23N3O2. The van der Waals surface area contributed by atoms with Gasteiger partial charge in [0.2, 0.25) is 5.91 Å². The Morgan fingerprint density at radius 3 is 2.95 bits per heavy atom. The summed E-state index contributed by atoms with van der Waals surface area (Å²) in [5.41, 5.74) is 2.43. The van der Waals surface area contributed by atoms with Crippen LogP contribution in [-0.2, 0) is 22.4 Å². The Morgan fingerprint density at radius 2 is 2.21 bits per heavy atom. The van der Waals surface area contributed by atoms with E-state index in [4.69, 9.17) is 4.74 Å². The van der Waals surface area contributed by atoms with Crippen molar-refractivity contribution in [1.82, 2.24) is 14.9 Å². The summed E-state index contributed by atoms with van der Waals surface area (Å²) in [7, 11) is 1.63. The number of carbonyl (C=O) groups is 1. The van der Waals surface area contributed by atoms with Crippen LogP contribution in [0.5, 0.6) is 0 Å². The van der Waals surface area contributed by atoms with Crippen LogP contribution in [-0.4, -0.2) is 35.7 Å². The van der Waals surface area contributed by atoms with Gasteiger partial charge in [-0.3, -0.25) is 4.79 Å². The predicted octanol–water partition coefficient (Wildman–Crippen LogP) is 1.39. The average Bonchev–Trinajstić information content (AvgIpc) is 2.74. The van der Waals surface area contributed by atoms with E-state index in [0.29, 0.717) is 13.2 Å². The number of amides is 1. The molecule has 1 amide bonds. The Bertz CT molecular complexity index is 454. The van der Waals surface area contributed by atoms with Crippen LogP contribution in [0.2, 0.25) is 0 Å². The minimum absolute atomic E-state index is 0.0333. The largest absolute Gasteiger partial charge is 0.383 e. The molecule has 0 spiro atoms. The van der Waals surface area contributed by atoms with Gasteiger partial charge in [-0.25, -0.2) is 4.98 Å². The molecule has 0 aromatic carbocycles. The van der Waals surface area contributed by atoms with Gasteiger partial charge >= 0.3 is 0 Å². The molecule has 2 rings (SSSR count). The lowest BCUT2D eigenvalue weighted by atomic mass is 10.0. The fourth-order valence-corrected chi connectivity index (χ4v) is 2.75. The molecule has 1 unspecified atom stereocenters. The Labute approximate surface area is 114 Å². The van der Waals surface area contributed by atoms with E-state index in [2.05, 4.69) is 14.9 Å². The first kappa shape index (κ1) is 14.1. The van der Waals surface area contributed by atoms with E-state index in [-0.39, 0.29) is 11.9 Å². The summed E-state index contributed by atoms with van der Waals surface area (Å²) in [5, 5.41) is 2.89. The third-order valence-corrected chi connectivity index (χ3v) is 3.72. The van der Waals surface area contributed by atoms with E-state index in [1.165, 1.54) is 24.2 Å². The first-order valence-electron chi connectivity index (χ1n) is 6.98. The number of nitrogens with one attached hydrogen (secondary N) is 1. The zero-order valence-electron chi connectivity index (χ0n) is 12.0. The fourth-order valence-electron chi connectivity index (χ4n) is 2.75. The molecule has 5 heteroatoms. The van der Waals surface area contributed by atoms with Crippen molar-refractivity contribution in [2.45, 2.75) is 45.6 Å². The van der Waals surface area contributed by atoms with E-state index in [1.54, 1.807) is 7.11 Å². The summed E-state index contributed by atoms with van der Waals surface area (Å²) in [6.07, 6.45) is 4.47. The summed E-state index contributed by atoms with van der Waals surface area (Å²) in [6.45, 7) is 5.01. The van der Waals surface area contributed by atoms with E-state index in [9.17, 15) is 4.79 Å². The third kappa shape index (κ3) is 2.97. The summed E-state index contributed by atoms with van der Waals surface area (Å²) >= 11 is 0. The van der Waals surface area contributed by atoms with Gasteiger partial charge in [0.05, 0.1) is 12.3 Å². The molecule has 1 aromatic rings. The summed E-state index contributed by atoms with van der Waals surface area (Å²) in [4.78, 5) is 16.7. The van der Waals surface area contributed by atoms with Crippen LogP contribution in [0.25, 0.3) is 0 Å². The van der Waals surface area contributed by atoms with Crippen LogP contribution >= 0.6 is 0 Å². The second-order valence-corrected chi connectivity index (χ2v) is 5.09. The maximum absolute atomic E-state index is 12.1. The number of carbonyl (C=O) groups excluding carboxylic acids is 1. The SMILES string of the molecule is COCCNC(=O)C(C)n1c(C)nc2c1CCCC2. The van der Waals surface area contributed by atoms with Gasteiger partial charge in [0.1, 0.15) is 11.9 Å². The number of hydrogen-bond acceptors (Lipinski definition) is 3. The molecule has 0 radical (unpaired) electrons. The van der Waals surface area contributed by atoms with Crippen LogP contribution in [0.3, 0.4) is 0 Å². The molecule has 1 aliphatic rings. The zero-order chi connectivity index (χ0) is 13.8. The molecule has 1 atom stereocenters. The number of imidazole rings is 1. The fraction of sp³-hybridized carbons (Fsp3) is 0.714. The number of rotatable bonds is 5. The van der Waals surface area contributed by atoms with E-state index in [1.807, 2.05) is 13.8 Å². The molecule has 1 N–H and O–H groups in total. The third-order valence-electron chi connectivity index (χ3n) is 3.72. The van der Waals surface area contributed by atoms with Crippen LogP contribution in [0.15, 0.2) is 0 Å². The number of aryl methyl sites for hydroxylation is 2. The maximum atomic E-state index is 12.1. The second-order valence-electron chi connectivity index (χ2n) is 5.09. The molecule has 0 saturated heterocycles. The number of ether oxygens (including phenoxy) is 1. The van der Waals surface area contributed by atoms with Crippen molar-refractivity contribution >= 4 is 5.91 Å². The lowest BCUT2D eigenvalue weighted by Crippen LogP contribution is -2.34. The Balaban J connectivity index is 2.12. The smallest absolute Gasteiger partial charge is 0.242 e. The topological polar surface area (TPSA) is 56.1 Å². The quantitative estimate of drug-likeness (QED) is 0.819. The highest BCUT2D eigenvalue weighted by Gasteiger charge is 2.24. The molecule has 106 valence electrons. The van der Waals surface area contributed by atoms with E-state index >= 15 is 0 Å². The highest BCUT2D eigenvalue weighted by atomic mass is 16.5. The van der Waals surface area contributed by atoms with Crippen LogP contribution in [0, 0.1) is 6.92 Å². The molecule has 0 fully saturated rings. The van der Waals surface area contributed by atoms with Gasteiger partial charge in [-0.2, -0.15) is 0 Å². The molecule has 0 bridgehead atoms. The lowest BCUT2D eigenvalue weighted by Gasteiger charge is -2.20. The number of hydrogen-bond donors (Lipinski definition) is 1. The van der Waals surface area contributed by atoms with Gasteiger partial charge in [-0.1, -0.05) is 0 Å². The highest BCUT2D eigenvalue weighted by Crippen LogP contribution is 2.25. The van der Waals surface area contributed by atoms with Gasteiger partial charge in [-0.15, -0.1) is 0 Å². The lowest BCUT2D eigenvalue weighted by molar-refractivity contribution is -0.124. The van der Waals surface area contributed by atoms with Crippen LogP contribution < -0.4 is 5.32 Å². The zero-order valence-corrected chi connectivity index (χ0v) is 12.0. The molecule has 1 aromatic heterocycles.